The lowest BCUT2D eigenvalue weighted by Crippen LogP contribution is -2.65. The second-order valence-electron chi connectivity index (χ2n) is 11.3. The van der Waals surface area contributed by atoms with E-state index in [9.17, 15) is 4.39 Å². The van der Waals surface area contributed by atoms with Crippen molar-refractivity contribution in [2.24, 2.45) is 11.8 Å². The van der Waals surface area contributed by atoms with Crippen molar-refractivity contribution < 1.29 is 4.39 Å². The topological polar surface area (TPSA) is 30.5 Å². The molecule has 1 aromatic carbocycles. The highest BCUT2D eigenvalue weighted by molar-refractivity contribution is 5.15. The van der Waals surface area contributed by atoms with E-state index in [2.05, 4.69) is 55.1 Å². The van der Waals surface area contributed by atoms with E-state index in [1.165, 1.54) is 70.5 Å². The Hall–Kier alpha value is -1.01. The molecular weight excluding hydrogens is 435 g/mol. The molecule has 2 rings (SSSR count). The van der Waals surface area contributed by atoms with E-state index in [4.69, 9.17) is 0 Å². The van der Waals surface area contributed by atoms with Gasteiger partial charge in [-0.1, -0.05) is 78.4 Å². The predicted octanol–water partition coefficient (Wildman–Crippen LogP) is 6.27. The van der Waals surface area contributed by atoms with Gasteiger partial charge in [0.1, 0.15) is 5.82 Å². The van der Waals surface area contributed by atoms with Crippen LogP contribution in [0.25, 0.3) is 0 Å². The highest BCUT2D eigenvalue weighted by Crippen LogP contribution is 2.23. The third-order valence-corrected chi connectivity index (χ3v) is 7.74. The Morgan fingerprint density at radius 2 is 1.51 bits per heavy atom. The monoisotopic (exact) mass is 490 g/mol. The molecule has 0 spiro atoms. The Morgan fingerprint density at radius 3 is 2.03 bits per heavy atom. The zero-order chi connectivity index (χ0) is 25.5. The van der Waals surface area contributed by atoms with E-state index in [0.29, 0.717) is 6.54 Å². The molecule has 1 aromatic rings. The third kappa shape index (κ3) is 11.7. The fourth-order valence-corrected chi connectivity index (χ4v) is 5.67. The van der Waals surface area contributed by atoms with Gasteiger partial charge in [0.25, 0.3) is 0 Å². The SMILES string of the molecule is CCCCC(CC)CN1CN(CC(CC)CCCC)CC(C)(NCCNCc2cccc(F)c2)C1. The first-order valence-corrected chi connectivity index (χ1v) is 14.6. The van der Waals surface area contributed by atoms with Crippen LogP contribution in [0.5, 0.6) is 0 Å². The Labute approximate surface area is 216 Å². The summed E-state index contributed by atoms with van der Waals surface area (Å²) in [5.41, 5.74) is 1.09. The Kier molecular flexibility index (Phi) is 14.4. The molecule has 0 bridgehead atoms. The molecule has 0 radical (unpaired) electrons. The summed E-state index contributed by atoms with van der Waals surface area (Å²) >= 11 is 0. The standard InChI is InChI=1S/C30H55FN4/c1-6-10-13-26(8-3)21-34-23-30(5,24-35(25-34)22-27(9-4)14-11-7-2)33-18-17-32-20-28-15-12-16-29(31)19-28/h12,15-16,19,26-27,32-33H,6-11,13-14,17-18,20-25H2,1-5H3. The zero-order valence-corrected chi connectivity index (χ0v) is 23.6. The largest absolute Gasteiger partial charge is 0.311 e. The van der Waals surface area contributed by atoms with Crippen molar-refractivity contribution in [3.05, 3.63) is 35.6 Å². The quantitative estimate of drug-likeness (QED) is 0.237. The molecule has 0 saturated carbocycles. The summed E-state index contributed by atoms with van der Waals surface area (Å²) in [7, 11) is 0. The lowest BCUT2D eigenvalue weighted by molar-refractivity contribution is 0.00519. The van der Waals surface area contributed by atoms with Gasteiger partial charge in [-0.2, -0.15) is 0 Å². The lowest BCUT2D eigenvalue weighted by atomic mass is 9.93. The van der Waals surface area contributed by atoms with Crippen LogP contribution in [0.15, 0.2) is 24.3 Å². The van der Waals surface area contributed by atoms with Crippen molar-refractivity contribution >= 4 is 0 Å². The number of halogens is 1. The van der Waals surface area contributed by atoms with E-state index in [1.54, 1.807) is 12.1 Å². The van der Waals surface area contributed by atoms with Gasteiger partial charge in [0.2, 0.25) is 0 Å². The minimum atomic E-state index is -0.161. The summed E-state index contributed by atoms with van der Waals surface area (Å²) in [5, 5.41) is 7.39. The summed E-state index contributed by atoms with van der Waals surface area (Å²) in [6.07, 6.45) is 10.5. The fourth-order valence-electron chi connectivity index (χ4n) is 5.67. The molecule has 1 heterocycles. The van der Waals surface area contributed by atoms with Gasteiger partial charge in [-0.25, -0.2) is 4.39 Å². The summed E-state index contributed by atoms with van der Waals surface area (Å²) in [6.45, 7) is 20.0. The summed E-state index contributed by atoms with van der Waals surface area (Å²) in [4.78, 5) is 5.46. The average molecular weight is 491 g/mol. The van der Waals surface area contributed by atoms with Crippen LogP contribution in [0.4, 0.5) is 4.39 Å². The molecule has 202 valence electrons. The van der Waals surface area contributed by atoms with Crippen LogP contribution in [-0.4, -0.2) is 61.3 Å². The van der Waals surface area contributed by atoms with Crippen LogP contribution >= 0.6 is 0 Å². The van der Waals surface area contributed by atoms with Gasteiger partial charge in [0.15, 0.2) is 0 Å². The number of unbranched alkanes of at least 4 members (excludes halogenated alkanes) is 2. The normalized spacial score (nSPS) is 21.3. The van der Waals surface area contributed by atoms with Gasteiger partial charge in [-0.05, 0) is 49.3 Å². The number of nitrogens with one attached hydrogen (secondary N) is 2. The van der Waals surface area contributed by atoms with Gasteiger partial charge in [-0.15, -0.1) is 0 Å². The van der Waals surface area contributed by atoms with E-state index in [1.807, 2.05) is 6.07 Å². The molecule has 5 heteroatoms. The number of hydrogen-bond acceptors (Lipinski definition) is 4. The first-order chi connectivity index (χ1) is 16.9. The van der Waals surface area contributed by atoms with Crippen LogP contribution in [0.1, 0.15) is 91.5 Å². The molecule has 1 fully saturated rings. The second-order valence-corrected chi connectivity index (χ2v) is 11.3. The van der Waals surface area contributed by atoms with Gasteiger partial charge in [-0.3, -0.25) is 9.80 Å². The molecular formula is C30H55FN4. The molecule has 1 aliphatic heterocycles. The van der Waals surface area contributed by atoms with Crippen LogP contribution < -0.4 is 10.6 Å². The Morgan fingerprint density at radius 1 is 0.914 bits per heavy atom. The second kappa shape index (κ2) is 16.7. The maximum Gasteiger partial charge on any atom is 0.123 e. The molecule has 0 amide bonds. The van der Waals surface area contributed by atoms with E-state index in [-0.39, 0.29) is 11.4 Å². The molecule has 35 heavy (non-hydrogen) atoms. The molecule has 4 nitrogen and oxygen atoms in total. The fraction of sp³-hybridized carbons (Fsp3) is 0.800. The molecule has 2 unspecified atom stereocenters. The summed E-state index contributed by atoms with van der Waals surface area (Å²) < 4.78 is 13.4. The third-order valence-electron chi connectivity index (χ3n) is 7.74. The molecule has 2 N–H and O–H groups in total. The van der Waals surface area contributed by atoms with Crippen molar-refractivity contribution in [1.82, 2.24) is 20.4 Å². The zero-order valence-electron chi connectivity index (χ0n) is 23.6. The summed E-state index contributed by atoms with van der Waals surface area (Å²) in [6, 6.07) is 6.88. The highest BCUT2D eigenvalue weighted by Gasteiger charge is 2.35. The molecule has 0 aliphatic carbocycles. The Balaban J connectivity index is 1.93. The number of hydrogen-bond donors (Lipinski definition) is 2. The maximum atomic E-state index is 13.4. The average Bonchev–Trinajstić information content (AvgIpc) is 2.83. The van der Waals surface area contributed by atoms with Crippen molar-refractivity contribution in [2.75, 3.05) is 45.9 Å². The van der Waals surface area contributed by atoms with Crippen LogP contribution in [-0.2, 0) is 6.54 Å². The van der Waals surface area contributed by atoms with Crippen molar-refractivity contribution in [1.29, 1.82) is 0 Å². The summed E-state index contributed by atoms with van der Waals surface area (Å²) in [5.74, 6) is 1.44. The predicted molar refractivity (Wildman–Crippen MR) is 149 cm³/mol. The molecule has 0 aromatic heterocycles. The molecule has 2 atom stereocenters. The van der Waals surface area contributed by atoms with E-state index in [0.717, 1.165) is 50.2 Å². The van der Waals surface area contributed by atoms with Crippen molar-refractivity contribution in [3.8, 4) is 0 Å². The number of benzene rings is 1. The Bertz CT molecular complexity index is 656. The lowest BCUT2D eigenvalue weighted by Gasteiger charge is -2.48. The van der Waals surface area contributed by atoms with E-state index < -0.39 is 0 Å². The van der Waals surface area contributed by atoms with Crippen LogP contribution in [0.2, 0.25) is 0 Å². The number of nitrogens with zero attached hydrogens (tertiary/aromatic N) is 2. The molecule has 1 aliphatic rings. The van der Waals surface area contributed by atoms with Gasteiger partial charge in [0, 0.05) is 51.4 Å². The first kappa shape index (κ1) is 30.2. The van der Waals surface area contributed by atoms with Gasteiger partial charge >= 0.3 is 0 Å². The minimum absolute atomic E-state index is 0.0882. The van der Waals surface area contributed by atoms with E-state index >= 15 is 0 Å². The van der Waals surface area contributed by atoms with Crippen molar-refractivity contribution in [2.45, 2.75) is 98.1 Å². The highest BCUT2D eigenvalue weighted by atomic mass is 19.1. The van der Waals surface area contributed by atoms with Gasteiger partial charge < -0.3 is 10.6 Å². The van der Waals surface area contributed by atoms with Crippen molar-refractivity contribution in [3.63, 3.8) is 0 Å². The first-order valence-electron chi connectivity index (χ1n) is 14.6. The van der Waals surface area contributed by atoms with Crippen LogP contribution in [0, 0.1) is 17.7 Å². The molecule has 1 saturated heterocycles. The van der Waals surface area contributed by atoms with Crippen LogP contribution in [0.3, 0.4) is 0 Å². The smallest absolute Gasteiger partial charge is 0.123 e. The minimum Gasteiger partial charge on any atom is -0.311 e. The van der Waals surface area contributed by atoms with Gasteiger partial charge in [0.05, 0.1) is 6.67 Å². The maximum absolute atomic E-state index is 13.4. The number of rotatable bonds is 18.